The zero-order valence-corrected chi connectivity index (χ0v) is 5.70. The Morgan fingerprint density at radius 2 is 2.30 bits per heavy atom. The maximum atomic E-state index is 10.7. The second-order valence-corrected chi connectivity index (χ2v) is 2.05. The molecule has 5 heteroatoms. The van der Waals surface area contributed by atoms with Gasteiger partial charge in [-0.2, -0.15) is 0 Å². The summed E-state index contributed by atoms with van der Waals surface area (Å²) in [6, 6.07) is 0. The van der Waals surface area contributed by atoms with Crippen molar-refractivity contribution < 1.29 is 4.79 Å². The van der Waals surface area contributed by atoms with Gasteiger partial charge in [0, 0.05) is 6.20 Å². The van der Waals surface area contributed by atoms with Crippen molar-refractivity contribution in [1.82, 2.24) is 9.97 Å². The Hall–Kier alpha value is -1.23. The minimum absolute atomic E-state index is 0.0496. The SMILES string of the molecule is O=Cc1c[nH]c(=S)[nH]c1=O. The molecule has 2 N–H and O–H groups in total. The Kier molecular flexibility index (Phi) is 1.77. The molecule has 0 atom stereocenters. The molecular weight excluding hydrogens is 152 g/mol. The van der Waals surface area contributed by atoms with Crippen LogP contribution in [0.5, 0.6) is 0 Å². The summed E-state index contributed by atoms with van der Waals surface area (Å²) in [6.45, 7) is 0. The van der Waals surface area contributed by atoms with Crippen LogP contribution in [0.2, 0.25) is 0 Å². The van der Waals surface area contributed by atoms with Crippen LogP contribution in [-0.2, 0) is 0 Å². The minimum Gasteiger partial charge on any atom is -0.338 e. The fraction of sp³-hybridized carbons (Fsp3) is 0. The van der Waals surface area contributed by atoms with Crippen molar-refractivity contribution in [2.45, 2.75) is 0 Å². The molecule has 1 rings (SSSR count). The number of hydrogen-bond donors (Lipinski definition) is 2. The second kappa shape index (κ2) is 2.57. The van der Waals surface area contributed by atoms with Crippen LogP contribution in [-0.4, -0.2) is 16.3 Å². The zero-order chi connectivity index (χ0) is 7.56. The van der Waals surface area contributed by atoms with Gasteiger partial charge in [-0.3, -0.25) is 14.6 Å². The average Bonchev–Trinajstić information content (AvgIpc) is 1.88. The van der Waals surface area contributed by atoms with Crippen LogP contribution in [0.3, 0.4) is 0 Å². The first-order chi connectivity index (χ1) is 4.74. The van der Waals surface area contributed by atoms with Crippen LogP contribution in [0.1, 0.15) is 10.4 Å². The van der Waals surface area contributed by atoms with Crippen LogP contribution in [0.15, 0.2) is 11.0 Å². The van der Waals surface area contributed by atoms with E-state index in [0.29, 0.717) is 6.29 Å². The van der Waals surface area contributed by atoms with Crippen molar-refractivity contribution in [3.05, 3.63) is 26.9 Å². The first kappa shape index (κ1) is 6.88. The van der Waals surface area contributed by atoms with E-state index < -0.39 is 5.56 Å². The molecule has 0 spiro atoms. The van der Waals surface area contributed by atoms with Gasteiger partial charge in [-0.05, 0) is 12.2 Å². The Morgan fingerprint density at radius 1 is 1.60 bits per heavy atom. The van der Waals surface area contributed by atoms with Crippen molar-refractivity contribution in [2.24, 2.45) is 0 Å². The molecule has 52 valence electrons. The quantitative estimate of drug-likeness (QED) is 0.452. The van der Waals surface area contributed by atoms with Crippen LogP contribution in [0.25, 0.3) is 0 Å². The van der Waals surface area contributed by atoms with E-state index in [9.17, 15) is 9.59 Å². The molecule has 0 bridgehead atoms. The van der Waals surface area contributed by atoms with Crippen molar-refractivity contribution in [1.29, 1.82) is 0 Å². The Balaban J connectivity index is 3.48. The van der Waals surface area contributed by atoms with Gasteiger partial charge < -0.3 is 4.98 Å². The lowest BCUT2D eigenvalue weighted by molar-refractivity contribution is 0.112. The number of rotatable bonds is 1. The molecule has 1 aromatic rings. The monoisotopic (exact) mass is 156 g/mol. The summed E-state index contributed by atoms with van der Waals surface area (Å²) in [7, 11) is 0. The first-order valence-electron chi connectivity index (χ1n) is 2.51. The molecule has 0 fully saturated rings. The lowest BCUT2D eigenvalue weighted by Crippen LogP contribution is -2.12. The van der Waals surface area contributed by atoms with Crippen molar-refractivity contribution >= 4 is 18.5 Å². The number of carbonyl (C=O) groups is 1. The van der Waals surface area contributed by atoms with Crippen molar-refractivity contribution in [3.8, 4) is 0 Å². The zero-order valence-electron chi connectivity index (χ0n) is 4.88. The highest BCUT2D eigenvalue weighted by Crippen LogP contribution is 1.78. The molecule has 0 aliphatic carbocycles. The van der Waals surface area contributed by atoms with E-state index in [1.54, 1.807) is 0 Å². The smallest absolute Gasteiger partial charge is 0.262 e. The summed E-state index contributed by atoms with van der Waals surface area (Å²) in [5, 5.41) is 0. The third-order valence-electron chi connectivity index (χ3n) is 0.975. The molecule has 0 amide bonds. The van der Waals surface area contributed by atoms with Gasteiger partial charge >= 0.3 is 0 Å². The summed E-state index contributed by atoms with van der Waals surface area (Å²) in [4.78, 5) is 25.5. The van der Waals surface area contributed by atoms with E-state index in [-0.39, 0.29) is 10.3 Å². The van der Waals surface area contributed by atoms with Gasteiger partial charge in [0.1, 0.15) is 0 Å². The number of nitrogens with one attached hydrogen (secondary N) is 2. The molecule has 0 aliphatic rings. The molecule has 0 aliphatic heterocycles. The molecule has 10 heavy (non-hydrogen) atoms. The highest BCUT2D eigenvalue weighted by molar-refractivity contribution is 7.71. The van der Waals surface area contributed by atoms with E-state index in [0.717, 1.165) is 0 Å². The molecule has 0 saturated heterocycles. The Labute approximate surface area is 60.9 Å². The largest absolute Gasteiger partial charge is 0.338 e. The number of aldehydes is 1. The van der Waals surface area contributed by atoms with Crippen LogP contribution < -0.4 is 5.56 Å². The topological polar surface area (TPSA) is 65.7 Å². The van der Waals surface area contributed by atoms with Gasteiger partial charge in [0.15, 0.2) is 11.1 Å². The molecule has 1 aromatic heterocycles. The lowest BCUT2D eigenvalue weighted by Gasteiger charge is -1.85. The normalized spacial score (nSPS) is 9.20. The first-order valence-corrected chi connectivity index (χ1v) is 2.92. The van der Waals surface area contributed by atoms with Crippen LogP contribution in [0, 0.1) is 4.77 Å². The van der Waals surface area contributed by atoms with Gasteiger partial charge in [0.05, 0.1) is 5.56 Å². The van der Waals surface area contributed by atoms with Crippen LogP contribution >= 0.6 is 12.2 Å². The fourth-order valence-electron chi connectivity index (χ4n) is 0.508. The highest BCUT2D eigenvalue weighted by atomic mass is 32.1. The van der Waals surface area contributed by atoms with Gasteiger partial charge in [-0.25, -0.2) is 0 Å². The average molecular weight is 156 g/mol. The molecule has 0 saturated carbocycles. The van der Waals surface area contributed by atoms with E-state index in [1.807, 2.05) is 0 Å². The summed E-state index contributed by atoms with van der Waals surface area (Å²) in [5.41, 5.74) is -0.410. The van der Waals surface area contributed by atoms with E-state index in [1.165, 1.54) is 6.20 Å². The standard InChI is InChI=1S/C5H4N2O2S/c8-2-3-1-6-5(10)7-4(3)9/h1-2H,(H2,6,7,9,10). The molecule has 0 unspecified atom stereocenters. The van der Waals surface area contributed by atoms with E-state index >= 15 is 0 Å². The van der Waals surface area contributed by atoms with Gasteiger partial charge in [0.25, 0.3) is 5.56 Å². The summed E-state index contributed by atoms with van der Waals surface area (Å²) in [6.07, 6.45) is 1.73. The second-order valence-electron chi connectivity index (χ2n) is 1.65. The summed E-state index contributed by atoms with van der Waals surface area (Å²) in [5.74, 6) is 0. The molecule has 1 heterocycles. The molecule has 0 radical (unpaired) electrons. The van der Waals surface area contributed by atoms with Crippen molar-refractivity contribution in [2.75, 3.05) is 0 Å². The third kappa shape index (κ3) is 1.19. The molecule has 4 nitrogen and oxygen atoms in total. The van der Waals surface area contributed by atoms with Gasteiger partial charge in [0.2, 0.25) is 0 Å². The minimum atomic E-state index is -0.459. The lowest BCUT2D eigenvalue weighted by atomic mass is 10.4. The maximum absolute atomic E-state index is 10.7. The number of aromatic amines is 2. The van der Waals surface area contributed by atoms with Crippen molar-refractivity contribution in [3.63, 3.8) is 0 Å². The number of aromatic nitrogens is 2. The fourth-order valence-corrected chi connectivity index (χ4v) is 0.659. The maximum Gasteiger partial charge on any atom is 0.262 e. The predicted molar refractivity (Wildman–Crippen MR) is 37.6 cm³/mol. The third-order valence-corrected chi connectivity index (χ3v) is 1.19. The Morgan fingerprint density at radius 3 is 2.80 bits per heavy atom. The predicted octanol–water partition coefficient (Wildman–Crippen LogP) is 0.245. The summed E-state index contributed by atoms with van der Waals surface area (Å²) < 4.78 is 0.218. The number of hydrogen-bond acceptors (Lipinski definition) is 3. The van der Waals surface area contributed by atoms with Gasteiger partial charge in [-0.1, -0.05) is 0 Å². The van der Waals surface area contributed by atoms with Gasteiger partial charge in [-0.15, -0.1) is 0 Å². The Bertz CT molecular complexity index is 351. The summed E-state index contributed by atoms with van der Waals surface area (Å²) >= 11 is 4.58. The number of carbonyl (C=O) groups excluding carboxylic acids is 1. The highest BCUT2D eigenvalue weighted by Gasteiger charge is 1.93. The van der Waals surface area contributed by atoms with Crippen LogP contribution in [0.4, 0.5) is 0 Å². The molecule has 0 aromatic carbocycles. The molecular formula is C5H4N2O2S. The number of H-pyrrole nitrogens is 2. The van der Waals surface area contributed by atoms with E-state index in [4.69, 9.17) is 0 Å². The van der Waals surface area contributed by atoms with E-state index in [2.05, 4.69) is 22.2 Å².